The Balaban J connectivity index is 1.62. The van der Waals surface area contributed by atoms with Gasteiger partial charge in [0.1, 0.15) is 11.9 Å². The molecule has 0 saturated carbocycles. The average Bonchev–Trinajstić information content (AvgIpc) is 3.15. The zero-order valence-corrected chi connectivity index (χ0v) is 15.0. The van der Waals surface area contributed by atoms with Gasteiger partial charge in [-0.3, -0.25) is 0 Å². The standard InChI is InChI=1S/C18H31N3O3/c1-13(2)11-21-7-6-15(12-21)10-19-18(23)20-14(3)9-16(22)17-5-4-8-24-17/h4-5,8,13-16,22H,6-7,9-12H2,1-3H3,(H2,19,20,23). The summed E-state index contributed by atoms with van der Waals surface area (Å²) >= 11 is 0. The van der Waals surface area contributed by atoms with Crippen LogP contribution >= 0.6 is 0 Å². The molecule has 6 heteroatoms. The van der Waals surface area contributed by atoms with Gasteiger partial charge in [-0.2, -0.15) is 0 Å². The van der Waals surface area contributed by atoms with E-state index in [1.165, 1.54) is 6.26 Å². The summed E-state index contributed by atoms with van der Waals surface area (Å²) in [4.78, 5) is 14.5. The van der Waals surface area contributed by atoms with Crippen molar-refractivity contribution in [2.75, 3.05) is 26.2 Å². The largest absolute Gasteiger partial charge is 0.467 e. The highest BCUT2D eigenvalue weighted by Gasteiger charge is 2.23. The number of amides is 2. The molecule has 3 N–H and O–H groups in total. The van der Waals surface area contributed by atoms with Crippen LogP contribution in [0.2, 0.25) is 0 Å². The Morgan fingerprint density at radius 3 is 2.92 bits per heavy atom. The quantitative estimate of drug-likeness (QED) is 0.680. The Morgan fingerprint density at radius 2 is 2.25 bits per heavy atom. The Hall–Kier alpha value is -1.53. The van der Waals surface area contributed by atoms with Gasteiger partial charge in [-0.1, -0.05) is 13.8 Å². The third-order valence-electron chi connectivity index (χ3n) is 4.37. The molecule has 0 spiro atoms. The molecule has 1 aromatic heterocycles. The first kappa shape index (κ1) is 18.8. The fraction of sp³-hybridized carbons (Fsp3) is 0.722. The van der Waals surface area contributed by atoms with E-state index in [0.29, 0.717) is 30.6 Å². The van der Waals surface area contributed by atoms with Crippen molar-refractivity contribution in [1.82, 2.24) is 15.5 Å². The number of furan rings is 1. The van der Waals surface area contributed by atoms with E-state index in [1.807, 2.05) is 6.92 Å². The molecule has 2 amide bonds. The zero-order valence-electron chi connectivity index (χ0n) is 15.0. The van der Waals surface area contributed by atoms with Crippen LogP contribution in [0.25, 0.3) is 0 Å². The van der Waals surface area contributed by atoms with Crippen molar-refractivity contribution < 1.29 is 14.3 Å². The number of hydrogen-bond donors (Lipinski definition) is 3. The minimum absolute atomic E-state index is 0.133. The van der Waals surface area contributed by atoms with E-state index in [-0.39, 0.29) is 12.1 Å². The van der Waals surface area contributed by atoms with Crippen LogP contribution in [-0.4, -0.2) is 48.3 Å². The number of urea groups is 1. The van der Waals surface area contributed by atoms with Crippen LogP contribution < -0.4 is 10.6 Å². The maximum absolute atomic E-state index is 12.0. The van der Waals surface area contributed by atoms with Gasteiger partial charge in [0, 0.05) is 32.1 Å². The van der Waals surface area contributed by atoms with Gasteiger partial charge in [-0.25, -0.2) is 4.79 Å². The molecule has 2 heterocycles. The van der Waals surface area contributed by atoms with Crippen LogP contribution in [0.5, 0.6) is 0 Å². The lowest BCUT2D eigenvalue weighted by molar-refractivity contribution is 0.129. The number of nitrogens with zero attached hydrogens (tertiary/aromatic N) is 1. The average molecular weight is 337 g/mol. The fourth-order valence-corrected chi connectivity index (χ4v) is 3.26. The third kappa shape index (κ3) is 6.17. The van der Waals surface area contributed by atoms with Crippen molar-refractivity contribution in [3.05, 3.63) is 24.2 Å². The minimum Gasteiger partial charge on any atom is -0.467 e. The van der Waals surface area contributed by atoms with Crippen molar-refractivity contribution in [2.24, 2.45) is 11.8 Å². The number of hydrogen-bond acceptors (Lipinski definition) is 4. The van der Waals surface area contributed by atoms with E-state index in [1.54, 1.807) is 12.1 Å². The first-order chi connectivity index (χ1) is 11.4. The molecule has 0 radical (unpaired) electrons. The summed E-state index contributed by atoms with van der Waals surface area (Å²) in [6.07, 6.45) is 2.40. The van der Waals surface area contributed by atoms with Crippen LogP contribution in [0.1, 0.15) is 45.5 Å². The Labute approximate surface area is 144 Å². The lowest BCUT2D eigenvalue weighted by Gasteiger charge is -2.19. The molecule has 1 aromatic rings. The molecule has 136 valence electrons. The number of aliphatic hydroxyl groups is 1. The van der Waals surface area contributed by atoms with Crippen LogP contribution in [0.3, 0.4) is 0 Å². The Bertz CT molecular complexity index is 490. The summed E-state index contributed by atoms with van der Waals surface area (Å²) < 4.78 is 5.17. The number of carbonyl (C=O) groups excluding carboxylic acids is 1. The van der Waals surface area contributed by atoms with Crippen molar-refractivity contribution in [1.29, 1.82) is 0 Å². The molecule has 24 heavy (non-hydrogen) atoms. The van der Waals surface area contributed by atoms with E-state index < -0.39 is 6.10 Å². The number of carbonyl (C=O) groups is 1. The van der Waals surface area contributed by atoms with Gasteiger partial charge in [-0.15, -0.1) is 0 Å². The van der Waals surface area contributed by atoms with E-state index in [9.17, 15) is 9.90 Å². The van der Waals surface area contributed by atoms with Gasteiger partial charge in [0.25, 0.3) is 0 Å². The van der Waals surface area contributed by atoms with E-state index in [2.05, 4.69) is 29.4 Å². The van der Waals surface area contributed by atoms with Crippen molar-refractivity contribution >= 4 is 6.03 Å². The van der Waals surface area contributed by atoms with E-state index in [4.69, 9.17) is 4.42 Å². The van der Waals surface area contributed by atoms with E-state index in [0.717, 1.165) is 26.1 Å². The smallest absolute Gasteiger partial charge is 0.315 e. The second-order valence-corrected chi connectivity index (χ2v) is 7.33. The predicted octanol–water partition coefficient (Wildman–Crippen LogP) is 2.37. The zero-order chi connectivity index (χ0) is 17.5. The number of aliphatic hydroxyl groups excluding tert-OH is 1. The first-order valence-electron chi connectivity index (χ1n) is 8.92. The van der Waals surface area contributed by atoms with Gasteiger partial charge in [0.05, 0.1) is 6.26 Å². The predicted molar refractivity (Wildman–Crippen MR) is 93.7 cm³/mol. The summed E-state index contributed by atoms with van der Waals surface area (Å²) in [5.41, 5.74) is 0. The summed E-state index contributed by atoms with van der Waals surface area (Å²) in [7, 11) is 0. The summed E-state index contributed by atoms with van der Waals surface area (Å²) in [5.74, 6) is 1.74. The van der Waals surface area contributed by atoms with E-state index >= 15 is 0 Å². The highest BCUT2D eigenvalue weighted by Crippen LogP contribution is 2.18. The summed E-state index contributed by atoms with van der Waals surface area (Å²) in [6, 6.07) is 3.18. The number of nitrogens with one attached hydrogen (secondary N) is 2. The molecule has 1 saturated heterocycles. The van der Waals surface area contributed by atoms with Crippen LogP contribution in [-0.2, 0) is 0 Å². The number of likely N-dealkylation sites (tertiary alicyclic amines) is 1. The monoisotopic (exact) mass is 337 g/mol. The molecule has 0 bridgehead atoms. The molecule has 1 aliphatic heterocycles. The third-order valence-corrected chi connectivity index (χ3v) is 4.37. The van der Waals surface area contributed by atoms with Crippen LogP contribution in [0.15, 0.2) is 22.8 Å². The number of rotatable bonds is 8. The molecule has 3 atom stereocenters. The maximum Gasteiger partial charge on any atom is 0.315 e. The molecule has 6 nitrogen and oxygen atoms in total. The van der Waals surface area contributed by atoms with Gasteiger partial charge in [0.15, 0.2) is 0 Å². The Kier molecular flexibility index (Phi) is 7.12. The van der Waals surface area contributed by atoms with Gasteiger partial charge >= 0.3 is 6.03 Å². The highest BCUT2D eigenvalue weighted by atomic mass is 16.4. The molecular weight excluding hydrogens is 306 g/mol. The minimum atomic E-state index is -0.699. The fourth-order valence-electron chi connectivity index (χ4n) is 3.26. The van der Waals surface area contributed by atoms with Crippen LogP contribution in [0, 0.1) is 11.8 Å². The van der Waals surface area contributed by atoms with Gasteiger partial charge in [0.2, 0.25) is 0 Å². The van der Waals surface area contributed by atoms with Crippen molar-refractivity contribution in [3.8, 4) is 0 Å². The molecule has 3 unspecified atom stereocenters. The molecule has 0 aromatic carbocycles. The highest BCUT2D eigenvalue weighted by molar-refractivity contribution is 5.74. The first-order valence-corrected chi connectivity index (χ1v) is 8.92. The lowest BCUT2D eigenvalue weighted by atomic mass is 10.1. The van der Waals surface area contributed by atoms with Gasteiger partial charge < -0.3 is 25.1 Å². The maximum atomic E-state index is 12.0. The molecule has 2 rings (SSSR count). The lowest BCUT2D eigenvalue weighted by Crippen LogP contribution is -2.43. The molecule has 1 aliphatic rings. The summed E-state index contributed by atoms with van der Waals surface area (Å²) in [5, 5.41) is 15.9. The van der Waals surface area contributed by atoms with Crippen LogP contribution in [0.4, 0.5) is 4.79 Å². The molecule has 1 fully saturated rings. The second kappa shape index (κ2) is 9.08. The topological polar surface area (TPSA) is 77.7 Å². The molecule has 0 aliphatic carbocycles. The Morgan fingerprint density at radius 1 is 1.46 bits per heavy atom. The second-order valence-electron chi connectivity index (χ2n) is 7.33. The van der Waals surface area contributed by atoms with Gasteiger partial charge in [-0.05, 0) is 43.9 Å². The van der Waals surface area contributed by atoms with Crippen molar-refractivity contribution in [3.63, 3.8) is 0 Å². The summed E-state index contributed by atoms with van der Waals surface area (Å²) in [6.45, 7) is 10.4. The SMILES string of the molecule is CC(C)CN1CCC(CNC(=O)NC(C)CC(O)c2ccco2)C1. The van der Waals surface area contributed by atoms with Crippen molar-refractivity contribution in [2.45, 2.75) is 45.8 Å². The normalized spacial score (nSPS) is 21.0. The molecular formula is C18H31N3O3.